The number of hydrogen-bond acceptors (Lipinski definition) is 5. The molecule has 1 aliphatic rings. The van der Waals surface area contributed by atoms with Gasteiger partial charge >= 0.3 is 0 Å². The molecule has 0 aromatic carbocycles. The van der Waals surface area contributed by atoms with Gasteiger partial charge in [0.05, 0.1) is 17.6 Å². The molecule has 0 bridgehead atoms. The second-order valence-corrected chi connectivity index (χ2v) is 4.58. The van der Waals surface area contributed by atoms with Crippen LogP contribution in [0, 0.1) is 0 Å². The van der Waals surface area contributed by atoms with E-state index in [-0.39, 0.29) is 18.0 Å². The molecule has 2 aromatic rings. The number of carbonyl (C=O) groups excluding carboxylic acids is 1. The standard InChI is InChI=1S/C12H14N6O/c1-7(19)17-8-2-3-9(4-8)18-12-10(5-16-18)11(13)14-6-15-12/h2-3,5-6,8-9H,4H2,1H3,(H,17,19)(H2,13,14,15)/t8-,9-/m0/s1. The van der Waals surface area contributed by atoms with Gasteiger partial charge in [-0.25, -0.2) is 14.6 Å². The van der Waals surface area contributed by atoms with Gasteiger partial charge in [-0.2, -0.15) is 5.10 Å². The minimum absolute atomic E-state index is 0.0350. The molecule has 2 aromatic heterocycles. The highest BCUT2D eigenvalue weighted by atomic mass is 16.1. The lowest BCUT2D eigenvalue weighted by atomic mass is 10.2. The van der Waals surface area contributed by atoms with Crippen molar-refractivity contribution in [3.05, 3.63) is 24.7 Å². The summed E-state index contributed by atoms with van der Waals surface area (Å²) in [7, 11) is 0. The van der Waals surface area contributed by atoms with Crippen molar-refractivity contribution in [1.29, 1.82) is 0 Å². The van der Waals surface area contributed by atoms with Gasteiger partial charge in [0.25, 0.3) is 0 Å². The summed E-state index contributed by atoms with van der Waals surface area (Å²) in [6, 6.07) is 0.115. The molecule has 98 valence electrons. The van der Waals surface area contributed by atoms with Gasteiger partial charge in [-0.3, -0.25) is 4.79 Å². The third-order valence-electron chi connectivity index (χ3n) is 3.19. The number of carbonyl (C=O) groups is 1. The van der Waals surface area contributed by atoms with E-state index in [1.165, 1.54) is 13.3 Å². The van der Waals surface area contributed by atoms with Crippen LogP contribution >= 0.6 is 0 Å². The number of nitrogens with one attached hydrogen (secondary N) is 1. The normalized spacial score (nSPS) is 21.9. The van der Waals surface area contributed by atoms with Crippen LogP contribution in [-0.2, 0) is 4.79 Å². The van der Waals surface area contributed by atoms with Crippen LogP contribution in [-0.4, -0.2) is 31.7 Å². The molecule has 1 aliphatic carbocycles. The van der Waals surface area contributed by atoms with Crippen LogP contribution in [0.3, 0.4) is 0 Å². The number of nitrogens with zero attached hydrogens (tertiary/aromatic N) is 4. The summed E-state index contributed by atoms with van der Waals surface area (Å²) in [6.07, 6.45) is 7.86. The molecule has 2 heterocycles. The highest BCUT2D eigenvalue weighted by Crippen LogP contribution is 2.26. The molecular formula is C12H14N6O. The number of amides is 1. The lowest BCUT2D eigenvalue weighted by Gasteiger charge is -2.13. The van der Waals surface area contributed by atoms with Crippen molar-refractivity contribution in [1.82, 2.24) is 25.1 Å². The van der Waals surface area contributed by atoms with Crippen molar-refractivity contribution < 1.29 is 4.79 Å². The van der Waals surface area contributed by atoms with Gasteiger partial charge in [0, 0.05) is 13.0 Å². The molecular weight excluding hydrogens is 244 g/mol. The Bertz CT molecular complexity index is 661. The monoisotopic (exact) mass is 258 g/mol. The van der Waals surface area contributed by atoms with E-state index in [0.717, 1.165) is 11.8 Å². The van der Waals surface area contributed by atoms with Crippen LogP contribution < -0.4 is 11.1 Å². The van der Waals surface area contributed by atoms with Crippen LogP contribution in [0.5, 0.6) is 0 Å². The Morgan fingerprint density at radius 3 is 3.11 bits per heavy atom. The molecule has 0 saturated heterocycles. The van der Waals surface area contributed by atoms with Gasteiger partial charge in [0.15, 0.2) is 5.65 Å². The first-order valence-corrected chi connectivity index (χ1v) is 6.04. The van der Waals surface area contributed by atoms with Gasteiger partial charge < -0.3 is 11.1 Å². The van der Waals surface area contributed by atoms with E-state index in [1.807, 2.05) is 16.8 Å². The van der Waals surface area contributed by atoms with Gasteiger partial charge in [-0.1, -0.05) is 12.2 Å². The smallest absolute Gasteiger partial charge is 0.217 e. The Morgan fingerprint density at radius 1 is 1.47 bits per heavy atom. The quantitative estimate of drug-likeness (QED) is 0.760. The number of fused-ring (bicyclic) bond motifs is 1. The van der Waals surface area contributed by atoms with Crippen LogP contribution in [0.4, 0.5) is 5.82 Å². The topological polar surface area (TPSA) is 98.7 Å². The summed E-state index contributed by atoms with van der Waals surface area (Å²) in [6.45, 7) is 1.51. The fourth-order valence-corrected chi connectivity index (χ4v) is 2.35. The average molecular weight is 258 g/mol. The summed E-state index contributed by atoms with van der Waals surface area (Å²) in [5.74, 6) is 0.392. The Labute approximate surface area is 109 Å². The molecule has 3 N–H and O–H groups in total. The Morgan fingerprint density at radius 2 is 2.32 bits per heavy atom. The van der Waals surface area contributed by atoms with Crippen molar-refractivity contribution in [2.45, 2.75) is 25.4 Å². The molecule has 0 radical (unpaired) electrons. The van der Waals surface area contributed by atoms with E-state index in [1.54, 1.807) is 6.20 Å². The van der Waals surface area contributed by atoms with Crippen LogP contribution in [0.15, 0.2) is 24.7 Å². The van der Waals surface area contributed by atoms with E-state index in [2.05, 4.69) is 20.4 Å². The van der Waals surface area contributed by atoms with Gasteiger partial charge in [0.1, 0.15) is 12.1 Å². The Balaban J connectivity index is 1.89. The number of rotatable bonds is 2. The minimum atomic E-state index is -0.0350. The van der Waals surface area contributed by atoms with Crippen LogP contribution in [0.1, 0.15) is 19.4 Å². The molecule has 1 amide bonds. The lowest BCUT2D eigenvalue weighted by Crippen LogP contribution is -2.30. The van der Waals surface area contributed by atoms with E-state index in [4.69, 9.17) is 5.73 Å². The predicted molar refractivity (Wildman–Crippen MR) is 70.1 cm³/mol. The zero-order valence-corrected chi connectivity index (χ0v) is 10.4. The first kappa shape index (κ1) is 11.6. The number of aromatic nitrogens is 4. The maximum atomic E-state index is 11.0. The SMILES string of the molecule is CC(=O)N[C@H]1C=C[C@H](n2ncc3c(N)ncnc32)C1. The predicted octanol–water partition coefficient (Wildman–Crippen LogP) is 0.414. The fourth-order valence-electron chi connectivity index (χ4n) is 2.35. The molecule has 7 heteroatoms. The third kappa shape index (κ3) is 2.03. The molecule has 0 fully saturated rings. The van der Waals surface area contributed by atoms with Crippen molar-refractivity contribution in [2.75, 3.05) is 5.73 Å². The van der Waals surface area contributed by atoms with Crippen LogP contribution in [0.2, 0.25) is 0 Å². The first-order chi connectivity index (χ1) is 9.15. The number of hydrogen-bond donors (Lipinski definition) is 2. The van der Waals surface area contributed by atoms with Crippen molar-refractivity contribution in [2.24, 2.45) is 0 Å². The number of anilines is 1. The number of nitrogen functional groups attached to an aromatic ring is 1. The largest absolute Gasteiger partial charge is 0.383 e. The molecule has 0 unspecified atom stereocenters. The third-order valence-corrected chi connectivity index (χ3v) is 3.19. The van der Waals surface area contributed by atoms with Gasteiger partial charge in [0.2, 0.25) is 5.91 Å². The van der Waals surface area contributed by atoms with E-state index in [9.17, 15) is 4.79 Å². The maximum Gasteiger partial charge on any atom is 0.217 e. The minimum Gasteiger partial charge on any atom is -0.383 e. The van der Waals surface area contributed by atoms with Crippen molar-refractivity contribution in [3.8, 4) is 0 Å². The zero-order chi connectivity index (χ0) is 13.4. The number of allylic oxidation sites excluding steroid dienone is 1. The number of nitrogens with two attached hydrogens (primary N) is 1. The summed E-state index contributed by atoms with van der Waals surface area (Å²) in [5.41, 5.74) is 6.50. The Hall–Kier alpha value is -2.44. The van der Waals surface area contributed by atoms with Crippen molar-refractivity contribution >= 4 is 22.8 Å². The highest BCUT2D eigenvalue weighted by Gasteiger charge is 2.23. The first-order valence-electron chi connectivity index (χ1n) is 6.04. The average Bonchev–Trinajstić information content (AvgIpc) is 2.95. The molecule has 3 rings (SSSR count). The fraction of sp³-hybridized carbons (Fsp3) is 0.333. The van der Waals surface area contributed by atoms with Crippen LogP contribution in [0.25, 0.3) is 11.0 Å². The molecule has 0 saturated carbocycles. The maximum absolute atomic E-state index is 11.0. The second-order valence-electron chi connectivity index (χ2n) is 4.58. The van der Waals surface area contributed by atoms with Crippen molar-refractivity contribution in [3.63, 3.8) is 0 Å². The van der Waals surface area contributed by atoms with E-state index in [0.29, 0.717) is 11.5 Å². The molecule has 0 spiro atoms. The second kappa shape index (κ2) is 4.34. The summed E-state index contributed by atoms with van der Waals surface area (Å²) >= 11 is 0. The molecule has 19 heavy (non-hydrogen) atoms. The van der Waals surface area contributed by atoms with Gasteiger partial charge in [-0.15, -0.1) is 0 Å². The van der Waals surface area contributed by atoms with Gasteiger partial charge in [-0.05, 0) is 6.42 Å². The van der Waals surface area contributed by atoms with E-state index >= 15 is 0 Å². The summed E-state index contributed by atoms with van der Waals surface area (Å²) in [5, 5.41) is 7.94. The molecule has 7 nitrogen and oxygen atoms in total. The lowest BCUT2D eigenvalue weighted by molar-refractivity contribution is -0.119. The van der Waals surface area contributed by atoms with E-state index < -0.39 is 0 Å². The highest BCUT2D eigenvalue weighted by molar-refractivity contribution is 5.84. The Kier molecular flexibility index (Phi) is 2.66. The molecule has 0 aliphatic heterocycles. The summed E-state index contributed by atoms with van der Waals surface area (Å²) in [4.78, 5) is 19.2. The summed E-state index contributed by atoms with van der Waals surface area (Å²) < 4.78 is 1.81. The zero-order valence-electron chi connectivity index (χ0n) is 10.4. The molecule has 2 atom stereocenters.